The van der Waals surface area contributed by atoms with Crippen molar-refractivity contribution in [3.05, 3.63) is 36.3 Å². The van der Waals surface area contributed by atoms with Gasteiger partial charge in [-0.05, 0) is 24.6 Å². The van der Waals surface area contributed by atoms with Crippen molar-refractivity contribution in [3.63, 3.8) is 0 Å². The summed E-state index contributed by atoms with van der Waals surface area (Å²) in [4.78, 5) is 44.3. The molecule has 5 heterocycles. The molecule has 3 N–H and O–H groups in total. The number of carbonyl (C=O) groups excluding carboxylic acids is 2. The summed E-state index contributed by atoms with van der Waals surface area (Å²) in [6.07, 6.45) is -0.595. The molecule has 0 spiro atoms. The molecule has 2 bridgehead atoms. The van der Waals surface area contributed by atoms with Gasteiger partial charge in [0.05, 0.1) is 11.7 Å². The fourth-order valence-electron chi connectivity index (χ4n) is 3.92. The van der Waals surface area contributed by atoms with Crippen LogP contribution in [-0.4, -0.2) is 63.7 Å². The molecule has 0 aliphatic carbocycles. The summed E-state index contributed by atoms with van der Waals surface area (Å²) in [5, 5.41) is 5.23. The standard InChI is InChI=1S/C19H17F3N8O2/c20-19(21,22)9-25-16(31)12-1-2-13-15(26-12)30(11-4-6-29(13)8-11)18(32)28-17-24-7-10-3-5-23-14(10)27-17/h1-3,5,7,11H,4,6,8-9H2,(H,25,31)(H2,23,24,27,28,32). The van der Waals surface area contributed by atoms with Gasteiger partial charge in [0.2, 0.25) is 5.95 Å². The first-order valence-electron chi connectivity index (χ1n) is 9.80. The molecule has 0 saturated carbocycles. The zero-order chi connectivity index (χ0) is 22.5. The first-order valence-corrected chi connectivity index (χ1v) is 9.80. The monoisotopic (exact) mass is 446 g/mol. The number of H-pyrrole nitrogens is 1. The summed E-state index contributed by atoms with van der Waals surface area (Å²) in [6, 6.07) is 3.99. The van der Waals surface area contributed by atoms with E-state index in [1.807, 2.05) is 4.90 Å². The quantitative estimate of drug-likeness (QED) is 0.568. The minimum Gasteiger partial charge on any atom is -0.366 e. The van der Waals surface area contributed by atoms with E-state index in [0.717, 1.165) is 5.39 Å². The minimum absolute atomic E-state index is 0.0889. The molecule has 10 nitrogen and oxygen atoms in total. The fraction of sp³-hybridized carbons (Fsp3) is 0.316. The number of amides is 3. The lowest BCUT2D eigenvalue weighted by Crippen LogP contribution is -2.48. The Bertz CT molecular complexity index is 1210. The maximum atomic E-state index is 13.1. The first-order chi connectivity index (χ1) is 15.3. The van der Waals surface area contributed by atoms with Crippen molar-refractivity contribution in [2.45, 2.75) is 18.6 Å². The minimum atomic E-state index is -4.54. The predicted molar refractivity (Wildman–Crippen MR) is 109 cm³/mol. The molecule has 1 saturated heterocycles. The third-order valence-electron chi connectivity index (χ3n) is 5.37. The number of nitrogens with zero attached hydrogens (tertiary/aromatic N) is 5. The number of aromatic amines is 1. The van der Waals surface area contributed by atoms with Gasteiger partial charge in [-0.1, -0.05) is 0 Å². The Hall–Kier alpha value is -3.90. The van der Waals surface area contributed by atoms with Gasteiger partial charge in [0.25, 0.3) is 5.91 Å². The van der Waals surface area contributed by atoms with E-state index in [-0.39, 0.29) is 23.5 Å². The number of alkyl halides is 3. The Morgan fingerprint density at radius 3 is 2.88 bits per heavy atom. The van der Waals surface area contributed by atoms with Crippen molar-refractivity contribution in [3.8, 4) is 0 Å². The van der Waals surface area contributed by atoms with Crippen molar-refractivity contribution in [2.75, 3.05) is 34.8 Å². The summed E-state index contributed by atoms with van der Waals surface area (Å²) >= 11 is 0. The van der Waals surface area contributed by atoms with E-state index >= 15 is 0 Å². The van der Waals surface area contributed by atoms with Crippen LogP contribution in [0.5, 0.6) is 0 Å². The van der Waals surface area contributed by atoms with Crippen LogP contribution < -0.4 is 20.4 Å². The number of halogens is 3. The Kier molecular flexibility index (Phi) is 4.60. The third kappa shape index (κ3) is 3.65. The summed E-state index contributed by atoms with van der Waals surface area (Å²) in [5.74, 6) is -0.679. The number of pyridine rings is 1. The van der Waals surface area contributed by atoms with Crippen LogP contribution in [0.3, 0.4) is 0 Å². The number of fused-ring (bicyclic) bond motifs is 5. The van der Waals surface area contributed by atoms with Gasteiger partial charge in [-0.15, -0.1) is 0 Å². The van der Waals surface area contributed by atoms with Crippen LogP contribution in [0, 0.1) is 0 Å². The second kappa shape index (κ2) is 7.35. The van der Waals surface area contributed by atoms with Crippen LogP contribution in [0.1, 0.15) is 16.9 Å². The Morgan fingerprint density at radius 2 is 2.06 bits per heavy atom. The third-order valence-corrected chi connectivity index (χ3v) is 5.37. The molecular weight excluding hydrogens is 429 g/mol. The van der Waals surface area contributed by atoms with Crippen molar-refractivity contribution >= 4 is 40.4 Å². The SMILES string of the molecule is O=C(NCC(F)(F)F)c1ccc2c(n1)N(C(=O)Nc1ncc3cc[nH]c3n1)C1CCN2C1. The summed E-state index contributed by atoms with van der Waals surface area (Å²) < 4.78 is 37.4. The number of aromatic nitrogens is 4. The molecule has 3 aromatic heterocycles. The van der Waals surface area contributed by atoms with Gasteiger partial charge < -0.3 is 15.2 Å². The van der Waals surface area contributed by atoms with E-state index in [0.29, 0.717) is 30.8 Å². The number of hydrogen-bond acceptors (Lipinski definition) is 6. The molecular formula is C19H17F3N8O2. The molecule has 3 amide bonds. The zero-order valence-electron chi connectivity index (χ0n) is 16.5. The van der Waals surface area contributed by atoms with Crippen LogP contribution in [0.15, 0.2) is 30.6 Å². The maximum absolute atomic E-state index is 13.1. The van der Waals surface area contributed by atoms with E-state index in [4.69, 9.17) is 0 Å². The lowest BCUT2D eigenvalue weighted by molar-refractivity contribution is -0.123. The van der Waals surface area contributed by atoms with Crippen LogP contribution in [0.4, 0.5) is 35.4 Å². The second-order valence-electron chi connectivity index (χ2n) is 7.50. The normalized spacial score (nSPS) is 17.4. The van der Waals surface area contributed by atoms with Crippen LogP contribution in [0.2, 0.25) is 0 Å². The molecule has 1 fully saturated rings. The van der Waals surface area contributed by atoms with Gasteiger partial charge in [-0.2, -0.15) is 18.2 Å². The summed E-state index contributed by atoms with van der Waals surface area (Å²) in [7, 11) is 0. The molecule has 1 atom stereocenters. The molecule has 166 valence electrons. The van der Waals surface area contributed by atoms with Crippen molar-refractivity contribution in [1.29, 1.82) is 0 Å². The highest BCUT2D eigenvalue weighted by Crippen LogP contribution is 2.39. The smallest absolute Gasteiger partial charge is 0.366 e. The number of urea groups is 1. The topological polar surface area (TPSA) is 119 Å². The summed E-state index contributed by atoms with van der Waals surface area (Å²) in [5.41, 5.74) is 0.975. The molecule has 1 unspecified atom stereocenters. The van der Waals surface area contributed by atoms with E-state index in [1.54, 1.807) is 29.8 Å². The second-order valence-corrected chi connectivity index (χ2v) is 7.50. The number of hydrogen-bond donors (Lipinski definition) is 3. The van der Waals surface area contributed by atoms with Crippen LogP contribution >= 0.6 is 0 Å². The zero-order valence-corrected chi connectivity index (χ0v) is 16.5. The van der Waals surface area contributed by atoms with Crippen LogP contribution in [0.25, 0.3) is 11.0 Å². The Balaban J connectivity index is 1.43. The number of anilines is 3. The van der Waals surface area contributed by atoms with Crippen molar-refractivity contribution in [2.24, 2.45) is 0 Å². The van der Waals surface area contributed by atoms with Gasteiger partial charge in [0.1, 0.15) is 17.9 Å². The Labute approximate surface area is 178 Å². The van der Waals surface area contributed by atoms with E-state index in [1.165, 1.54) is 11.0 Å². The van der Waals surface area contributed by atoms with Gasteiger partial charge >= 0.3 is 12.2 Å². The molecule has 0 aromatic carbocycles. The molecule has 13 heteroatoms. The van der Waals surface area contributed by atoms with Gasteiger partial charge in [0, 0.05) is 30.9 Å². The highest BCUT2D eigenvalue weighted by molar-refractivity contribution is 6.04. The van der Waals surface area contributed by atoms with E-state index in [9.17, 15) is 22.8 Å². The fourth-order valence-corrected chi connectivity index (χ4v) is 3.92. The lowest BCUT2D eigenvalue weighted by Gasteiger charge is -2.35. The Morgan fingerprint density at radius 1 is 1.22 bits per heavy atom. The van der Waals surface area contributed by atoms with Gasteiger partial charge in [-0.3, -0.25) is 15.0 Å². The van der Waals surface area contributed by atoms with Gasteiger partial charge in [0.15, 0.2) is 5.82 Å². The first kappa shape index (κ1) is 20.0. The average molecular weight is 446 g/mol. The van der Waals surface area contributed by atoms with E-state index < -0.39 is 24.7 Å². The van der Waals surface area contributed by atoms with Gasteiger partial charge in [-0.25, -0.2) is 14.8 Å². The van der Waals surface area contributed by atoms with E-state index in [2.05, 4.69) is 25.3 Å². The highest BCUT2D eigenvalue weighted by atomic mass is 19.4. The largest absolute Gasteiger partial charge is 0.405 e. The molecule has 5 rings (SSSR count). The molecule has 32 heavy (non-hydrogen) atoms. The van der Waals surface area contributed by atoms with Crippen LogP contribution in [-0.2, 0) is 0 Å². The molecule has 0 radical (unpaired) electrons. The van der Waals surface area contributed by atoms with Crippen molar-refractivity contribution in [1.82, 2.24) is 25.3 Å². The predicted octanol–water partition coefficient (Wildman–Crippen LogP) is 2.28. The molecule has 2 aliphatic rings. The molecule has 3 aromatic rings. The summed E-state index contributed by atoms with van der Waals surface area (Å²) in [6.45, 7) is -0.200. The molecule has 2 aliphatic heterocycles. The number of nitrogens with one attached hydrogen (secondary N) is 3. The maximum Gasteiger partial charge on any atom is 0.405 e. The lowest BCUT2D eigenvalue weighted by atomic mass is 10.1. The average Bonchev–Trinajstić information content (AvgIpc) is 3.38. The van der Waals surface area contributed by atoms with Crippen molar-refractivity contribution < 1.29 is 22.8 Å². The number of carbonyl (C=O) groups is 2. The highest BCUT2D eigenvalue weighted by Gasteiger charge is 2.41. The number of rotatable bonds is 3.